The van der Waals surface area contributed by atoms with Gasteiger partial charge in [-0.25, -0.2) is 0 Å². The van der Waals surface area contributed by atoms with Crippen molar-refractivity contribution < 1.29 is 4.79 Å². The maximum Gasteiger partial charge on any atom is 0.246 e. The van der Waals surface area contributed by atoms with Gasteiger partial charge in [-0.05, 0) is 13.3 Å². The molecule has 0 saturated carbocycles. The van der Waals surface area contributed by atoms with Gasteiger partial charge < -0.3 is 5.32 Å². The summed E-state index contributed by atoms with van der Waals surface area (Å²) in [5, 5.41) is 2.63. The fourth-order valence-electron chi connectivity index (χ4n) is 0.353. The van der Waals surface area contributed by atoms with E-state index in [0.717, 1.165) is 6.42 Å². The molecule has 0 unspecified atom stereocenters. The van der Waals surface area contributed by atoms with Crippen molar-refractivity contribution in [3.8, 4) is 0 Å². The molecule has 1 radical (unpaired) electrons. The Morgan fingerprint density at radius 1 is 1.60 bits per heavy atom. The van der Waals surface area contributed by atoms with Crippen LogP contribution in [0.25, 0.3) is 0 Å². The minimum Gasteiger partial charge on any atom is -0.352 e. The van der Waals surface area contributed by atoms with Crippen molar-refractivity contribution in [2.45, 2.75) is 13.3 Å². The quantitative estimate of drug-likeness (QED) is 0.624. The van der Waals surface area contributed by atoms with Gasteiger partial charge in [-0.1, -0.05) is 13.5 Å². The molecule has 0 saturated heterocycles. The summed E-state index contributed by atoms with van der Waals surface area (Å²) >= 11 is 0. The van der Waals surface area contributed by atoms with E-state index in [2.05, 4.69) is 18.8 Å². The lowest BCUT2D eigenvalue weighted by atomic mass is 10.3. The molecule has 0 bridgehead atoms. The van der Waals surface area contributed by atoms with E-state index >= 15 is 0 Å². The Morgan fingerprint density at radius 3 is 2.40 bits per heavy atom. The Morgan fingerprint density at radius 2 is 2.10 bits per heavy atom. The lowest BCUT2D eigenvalue weighted by Crippen LogP contribution is -2.24. The van der Waals surface area contributed by atoms with E-state index in [-0.39, 0.29) is 18.3 Å². The molecule has 0 aromatic rings. The van der Waals surface area contributed by atoms with E-state index in [9.17, 15) is 4.79 Å². The van der Waals surface area contributed by atoms with Crippen molar-refractivity contribution in [2.24, 2.45) is 0 Å². The van der Waals surface area contributed by atoms with Crippen molar-refractivity contribution in [2.75, 3.05) is 6.54 Å². The van der Waals surface area contributed by atoms with Crippen LogP contribution in [0, 0.1) is 6.92 Å². The highest BCUT2D eigenvalue weighted by Gasteiger charge is 1.96. The zero-order chi connectivity index (χ0) is 7.28. The molecule has 0 rings (SSSR count). The van der Waals surface area contributed by atoms with Crippen LogP contribution in [0.4, 0.5) is 0 Å². The zero-order valence-electron chi connectivity index (χ0n) is 6.14. The van der Waals surface area contributed by atoms with Gasteiger partial charge in [-0.3, -0.25) is 4.79 Å². The number of carbonyl (C=O) groups is 1. The summed E-state index contributed by atoms with van der Waals surface area (Å²) in [6, 6.07) is 0. The van der Waals surface area contributed by atoms with Crippen molar-refractivity contribution >= 4 is 18.3 Å². The van der Waals surface area contributed by atoms with E-state index in [0.29, 0.717) is 12.1 Å². The SMILES string of the molecule is Cl.[CH2]CCNC(=O)C(=C)C. The molecule has 10 heavy (non-hydrogen) atoms. The lowest BCUT2D eigenvalue weighted by Gasteiger charge is -1.99. The van der Waals surface area contributed by atoms with E-state index < -0.39 is 0 Å². The Balaban J connectivity index is 0. The molecule has 0 aliphatic carbocycles. The monoisotopic (exact) mass is 162 g/mol. The Hall–Kier alpha value is -0.500. The number of halogens is 1. The molecule has 0 aromatic carbocycles. The molecule has 0 aliphatic heterocycles. The fraction of sp³-hybridized carbons (Fsp3) is 0.429. The highest BCUT2D eigenvalue weighted by atomic mass is 35.5. The van der Waals surface area contributed by atoms with Crippen LogP contribution >= 0.6 is 12.4 Å². The van der Waals surface area contributed by atoms with Crippen LogP contribution in [-0.2, 0) is 4.79 Å². The maximum atomic E-state index is 10.7. The van der Waals surface area contributed by atoms with Crippen molar-refractivity contribution in [3.63, 3.8) is 0 Å². The topological polar surface area (TPSA) is 29.1 Å². The molecule has 3 heteroatoms. The third-order valence-electron chi connectivity index (χ3n) is 0.850. The summed E-state index contributed by atoms with van der Waals surface area (Å²) in [5.74, 6) is -0.0846. The van der Waals surface area contributed by atoms with E-state index in [1.807, 2.05) is 0 Å². The number of hydrogen-bond donors (Lipinski definition) is 1. The number of nitrogens with one attached hydrogen (secondary N) is 1. The second-order valence-corrected chi connectivity index (χ2v) is 1.89. The molecule has 0 aliphatic rings. The molecule has 2 nitrogen and oxygen atoms in total. The average Bonchev–Trinajstić information content (AvgIpc) is 1.82. The number of amides is 1. The maximum absolute atomic E-state index is 10.7. The molecular weight excluding hydrogens is 150 g/mol. The van der Waals surface area contributed by atoms with Crippen LogP contribution < -0.4 is 5.32 Å². The minimum absolute atomic E-state index is 0. The Bertz CT molecular complexity index is 123. The van der Waals surface area contributed by atoms with Gasteiger partial charge in [0.15, 0.2) is 0 Å². The second-order valence-electron chi connectivity index (χ2n) is 1.89. The Labute approximate surface area is 68.1 Å². The van der Waals surface area contributed by atoms with Crippen LogP contribution in [0.3, 0.4) is 0 Å². The first-order valence-electron chi connectivity index (χ1n) is 2.91. The van der Waals surface area contributed by atoms with Gasteiger partial charge in [0, 0.05) is 12.1 Å². The number of hydrogen-bond acceptors (Lipinski definition) is 1. The van der Waals surface area contributed by atoms with Crippen LogP contribution in [0.2, 0.25) is 0 Å². The second kappa shape index (κ2) is 6.62. The summed E-state index contributed by atoms with van der Waals surface area (Å²) in [6.45, 7) is 9.36. The van der Waals surface area contributed by atoms with Gasteiger partial charge in [-0.2, -0.15) is 0 Å². The minimum atomic E-state index is -0.0846. The standard InChI is InChI=1S/C7H12NO.ClH/c1-4-5-8-7(9)6(2)3;/h1-2,4-5H2,3H3,(H,8,9);1H. The Kier molecular flexibility index (Phi) is 8.07. The predicted octanol–water partition coefficient (Wildman–Crippen LogP) is 1.32. The summed E-state index contributed by atoms with van der Waals surface area (Å²) in [5.41, 5.74) is 0.545. The van der Waals surface area contributed by atoms with Crippen molar-refractivity contribution in [1.82, 2.24) is 5.32 Å². The summed E-state index contributed by atoms with van der Waals surface area (Å²) in [6.07, 6.45) is 0.721. The highest BCUT2D eigenvalue weighted by Crippen LogP contribution is 1.84. The molecule has 0 aromatic heterocycles. The van der Waals surface area contributed by atoms with E-state index in [4.69, 9.17) is 0 Å². The fourth-order valence-corrected chi connectivity index (χ4v) is 0.353. The third kappa shape index (κ3) is 5.63. The molecular formula is C7H13ClNO. The van der Waals surface area contributed by atoms with Gasteiger partial charge in [0.1, 0.15) is 0 Å². The van der Waals surface area contributed by atoms with Gasteiger partial charge in [0.2, 0.25) is 5.91 Å². The molecule has 0 spiro atoms. The summed E-state index contributed by atoms with van der Waals surface area (Å²) < 4.78 is 0. The number of rotatable bonds is 3. The average molecular weight is 163 g/mol. The molecule has 1 N–H and O–H groups in total. The van der Waals surface area contributed by atoms with Gasteiger partial charge in [-0.15, -0.1) is 12.4 Å². The normalized spacial score (nSPS) is 7.80. The first-order valence-corrected chi connectivity index (χ1v) is 2.91. The third-order valence-corrected chi connectivity index (χ3v) is 0.850. The van der Waals surface area contributed by atoms with Gasteiger partial charge in [0.25, 0.3) is 0 Å². The van der Waals surface area contributed by atoms with Crippen molar-refractivity contribution in [1.29, 1.82) is 0 Å². The lowest BCUT2D eigenvalue weighted by molar-refractivity contribution is -0.117. The van der Waals surface area contributed by atoms with E-state index in [1.165, 1.54) is 0 Å². The molecule has 0 fully saturated rings. The first-order chi connectivity index (χ1) is 4.18. The van der Waals surface area contributed by atoms with Crippen LogP contribution in [-0.4, -0.2) is 12.5 Å². The molecule has 1 amide bonds. The van der Waals surface area contributed by atoms with E-state index in [1.54, 1.807) is 6.92 Å². The molecule has 0 heterocycles. The summed E-state index contributed by atoms with van der Waals surface area (Å²) in [4.78, 5) is 10.7. The van der Waals surface area contributed by atoms with Gasteiger partial charge in [0.05, 0.1) is 0 Å². The van der Waals surface area contributed by atoms with Crippen LogP contribution in [0.1, 0.15) is 13.3 Å². The summed E-state index contributed by atoms with van der Waals surface area (Å²) in [7, 11) is 0. The first kappa shape index (κ1) is 12.2. The van der Waals surface area contributed by atoms with Crippen LogP contribution in [0.15, 0.2) is 12.2 Å². The molecule has 59 valence electrons. The highest BCUT2D eigenvalue weighted by molar-refractivity contribution is 5.91. The smallest absolute Gasteiger partial charge is 0.246 e. The zero-order valence-corrected chi connectivity index (χ0v) is 6.96. The van der Waals surface area contributed by atoms with Crippen LogP contribution in [0.5, 0.6) is 0 Å². The van der Waals surface area contributed by atoms with Gasteiger partial charge >= 0.3 is 0 Å². The number of carbonyl (C=O) groups excluding carboxylic acids is 1. The predicted molar refractivity (Wildman–Crippen MR) is 45.0 cm³/mol. The van der Waals surface area contributed by atoms with Crippen molar-refractivity contribution in [3.05, 3.63) is 19.1 Å². The largest absolute Gasteiger partial charge is 0.352 e. The molecule has 0 atom stereocenters.